The first-order chi connectivity index (χ1) is 8.11. The molecule has 0 radical (unpaired) electrons. The SMILES string of the molecule is CN=C(CCCNC)c1c(Br)ccc(F)c1N. The van der Waals surface area contributed by atoms with E-state index in [1.165, 1.54) is 6.07 Å². The number of benzene rings is 1. The molecule has 0 aliphatic heterocycles. The van der Waals surface area contributed by atoms with Crippen LogP contribution < -0.4 is 11.1 Å². The number of hydrogen-bond donors (Lipinski definition) is 2. The third-order valence-electron chi connectivity index (χ3n) is 2.54. The summed E-state index contributed by atoms with van der Waals surface area (Å²) in [7, 11) is 3.60. The smallest absolute Gasteiger partial charge is 0.146 e. The van der Waals surface area contributed by atoms with Gasteiger partial charge in [-0.3, -0.25) is 4.99 Å². The van der Waals surface area contributed by atoms with Crippen molar-refractivity contribution in [2.45, 2.75) is 12.8 Å². The van der Waals surface area contributed by atoms with Gasteiger partial charge in [-0.2, -0.15) is 0 Å². The van der Waals surface area contributed by atoms with E-state index in [0.29, 0.717) is 5.56 Å². The summed E-state index contributed by atoms with van der Waals surface area (Å²) in [5.41, 5.74) is 7.41. The molecule has 94 valence electrons. The van der Waals surface area contributed by atoms with Crippen LogP contribution in [0.2, 0.25) is 0 Å². The van der Waals surface area contributed by atoms with Gasteiger partial charge in [0, 0.05) is 22.8 Å². The zero-order chi connectivity index (χ0) is 12.8. The van der Waals surface area contributed by atoms with Gasteiger partial charge in [0.2, 0.25) is 0 Å². The standard InChI is InChI=1S/C12H17BrFN3/c1-16-7-3-4-10(17-2)11-8(13)5-6-9(14)12(11)15/h5-6,16H,3-4,7,15H2,1-2H3. The predicted molar refractivity (Wildman–Crippen MR) is 74.1 cm³/mol. The topological polar surface area (TPSA) is 50.4 Å². The van der Waals surface area contributed by atoms with Crippen LogP contribution in [-0.4, -0.2) is 26.4 Å². The van der Waals surface area contributed by atoms with E-state index in [1.54, 1.807) is 13.1 Å². The molecule has 0 heterocycles. The largest absolute Gasteiger partial charge is 0.396 e. The highest BCUT2D eigenvalue weighted by Gasteiger charge is 2.14. The fourth-order valence-electron chi connectivity index (χ4n) is 1.64. The Kier molecular flexibility index (Phi) is 5.58. The monoisotopic (exact) mass is 301 g/mol. The van der Waals surface area contributed by atoms with E-state index in [4.69, 9.17) is 5.73 Å². The van der Waals surface area contributed by atoms with Crippen LogP contribution >= 0.6 is 15.9 Å². The summed E-state index contributed by atoms with van der Waals surface area (Å²) >= 11 is 3.39. The molecule has 0 spiro atoms. The van der Waals surface area contributed by atoms with E-state index >= 15 is 0 Å². The fraction of sp³-hybridized carbons (Fsp3) is 0.417. The van der Waals surface area contributed by atoms with Gasteiger partial charge in [-0.25, -0.2) is 4.39 Å². The zero-order valence-electron chi connectivity index (χ0n) is 10.1. The summed E-state index contributed by atoms with van der Waals surface area (Å²) in [5.74, 6) is -0.405. The Bertz CT molecular complexity index is 418. The summed E-state index contributed by atoms with van der Waals surface area (Å²) in [4.78, 5) is 4.21. The van der Waals surface area contributed by atoms with Crippen molar-refractivity contribution in [3.63, 3.8) is 0 Å². The number of aliphatic imine (C=N–C) groups is 1. The lowest BCUT2D eigenvalue weighted by atomic mass is 10.0. The van der Waals surface area contributed by atoms with Crippen molar-refractivity contribution in [1.82, 2.24) is 5.32 Å². The summed E-state index contributed by atoms with van der Waals surface area (Å²) in [6, 6.07) is 3.01. The molecular formula is C12H17BrFN3. The van der Waals surface area contributed by atoms with Crippen molar-refractivity contribution in [2.24, 2.45) is 4.99 Å². The maximum atomic E-state index is 13.4. The van der Waals surface area contributed by atoms with Crippen LogP contribution in [0, 0.1) is 5.82 Å². The number of nitrogens with two attached hydrogens (primary N) is 1. The predicted octanol–water partition coefficient (Wildman–Crippen LogP) is 2.59. The van der Waals surface area contributed by atoms with Gasteiger partial charge in [0.1, 0.15) is 5.82 Å². The van der Waals surface area contributed by atoms with Crippen LogP contribution in [0.5, 0.6) is 0 Å². The lowest BCUT2D eigenvalue weighted by molar-refractivity contribution is 0.632. The van der Waals surface area contributed by atoms with Gasteiger partial charge in [0.15, 0.2) is 0 Å². The number of rotatable bonds is 5. The van der Waals surface area contributed by atoms with Crippen LogP contribution in [-0.2, 0) is 0 Å². The van der Waals surface area contributed by atoms with E-state index in [-0.39, 0.29) is 5.69 Å². The quantitative estimate of drug-likeness (QED) is 0.499. The molecule has 5 heteroatoms. The third kappa shape index (κ3) is 3.51. The summed E-state index contributed by atoms with van der Waals surface area (Å²) in [6.07, 6.45) is 1.70. The van der Waals surface area contributed by atoms with E-state index in [9.17, 15) is 4.39 Å². The first-order valence-electron chi connectivity index (χ1n) is 5.46. The van der Waals surface area contributed by atoms with Crippen LogP contribution in [0.1, 0.15) is 18.4 Å². The van der Waals surface area contributed by atoms with Gasteiger partial charge in [0.25, 0.3) is 0 Å². The van der Waals surface area contributed by atoms with Crippen molar-refractivity contribution in [3.05, 3.63) is 28.0 Å². The molecular weight excluding hydrogens is 285 g/mol. The van der Waals surface area contributed by atoms with Gasteiger partial charge in [-0.05, 0) is 38.6 Å². The minimum Gasteiger partial charge on any atom is -0.396 e. The molecule has 0 fully saturated rings. The van der Waals surface area contributed by atoms with Gasteiger partial charge in [0.05, 0.1) is 5.69 Å². The van der Waals surface area contributed by atoms with Crippen LogP contribution in [0.4, 0.5) is 10.1 Å². The molecule has 0 saturated heterocycles. The Morgan fingerprint density at radius 3 is 2.82 bits per heavy atom. The molecule has 0 saturated carbocycles. The molecule has 0 aromatic heterocycles. The molecule has 1 aromatic carbocycles. The van der Waals surface area contributed by atoms with E-state index < -0.39 is 5.82 Å². The minimum absolute atomic E-state index is 0.157. The number of nitrogens with one attached hydrogen (secondary N) is 1. The number of hydrogen-bond acceptors (Lipinski definition) is 3. The van der Waals surface area contributed by atoms with Crippen molar-refractivity contribution >= 4 is 27.3 Å². The second-order valence-electron chi connectivity index (χ2n) is 3.70. The second kappa shape index (κ2) is 6.71. The molecule has 0 bridgehead atoms. The highest BCUT2D eigenvalue weighted by atomic mass is 79.9. The first kappa shape index (κ1) is 14.1. The number of halogens is 2. The third-order valence-corrected chi connectivity index (χ3v) is 3.20. The fourth-order valence-corrected chi connectivity index (χ4v) is 2.22. The Balaban J connectivity index is 3.00. The lowest BCUT2D eigenvalue weighted by Gasteiger charge is -2.12. The molecule has 3 nitrogen and oxygen atoms in total. The molecule has 0 aliphatic carbocycles. The normalized spacial score (nSPS) is 11.9. The maximum absolute atomic E-state index is 13.4. The molecule has 0 atom stereocenters. The molecule has 1 aromatic rings. The Labute approximate surface area is 109 Å². The van der Waals surface area contributed by atoms with Crippen molar-refractivity contribution in [3.8, 4) is 0 Å². The molecule has 3 N–H and O–H groups in total. The maximum Gasteiger partial charge on any atom is 0.146 e. The van der Waals surface area contributed by atoms with Crippen LogP contribution in [0.3, 0.4) is 0 Å². The minimum atomic E-state index is -0.405. The Morgan fingerprint density at radius 2 is 2.24 bits per heavy atom. The molecule has 0 unspecified atom stereocenters. The van der Waals surface area contributed by atoms with Gasteiger partial charge < -0.3 is 11.1 Å². The molecule has 1 rings (SSSR count). The van der Waals surface area contributed by atoms with Gasteiger partial charge >= 0.3 is 0 Å². The van der Waals surface area contributed by atoms with Crippen LogP contribution in [0.25, 0.3) is 0 Å². The number of anilines is 1. The Morgan fingerprint density at radius 1 is 1.53 bits per heavy atom. The summed E-state index contributed by atoms with van der Waals surface area (Å²) < 4.78 is 14.2. The Hall–Kier alpha value is -0.940. The average molecular weight is 302 g/mol. The number of nitrogens with zero attached hydrogens (tertiary/aromatic N) is 1. The second-order valence-corrected chi connectivity index (χ2v) is 4.55. The van der Waals surface area contributed by atoms with E-state index in [2.05, 4.69) is 26.2 Å². The molecule has 0 aliphatic rings. The van der Waals surface area contributed by atoms with Gasteiger partial charge in [-0.1, -0.05) is 15.9 Å². The van der Waals surface area contributed by atoms with Crippen molar-refractivity contribution < 1.29 is 4.39 Å². The van der Waals surface area contributed by atoms with E-state index in [1.807, 2.05) is 7.05 Å². The lowest BCUT2D eigenvalue weighted by Crippen LogP contribution is -2.12. The molecule has 17 heavy (non-hydrogen) atoms. The molecule has 0 amide bonds. The van der Waals surface area contributed by atoms with Crippen LogP contribution in [0.15, 0.2) is 21.6 Å². The van der Waals surface area contributed by atoms with Crippen molar-refractivity contribution in [2.75, 3.05) is 26.4 Å². The summed E-state index contributed by atoms with van der Waals surface area (Å²) in [5, 5.41) is 3.07. The first-order valence-corrected chi connectivity index (χ1v) is 6.25. The highest BCUT2D eigenvalue weighted by molar-refractivity contribution is 9.10. The summed E-state index contributed by atoms with van der Waals surface area (Å²) in [6.45, 7) is 0.895. The van der Waals surface area contributed by atoms with E-state index in [0.717, 1.165) is 29.6 Å². The highest BCUT2D eigenvalue weighted by Crippen LogP contribution is 2.27. The van der Waals surface area contributed by atoms with Gasteiger partial charge in [-0.15, -0.1) is 0 Å². The zero-order valence-corrected chi connectivity index (χ0v) is 11.6. The number of nitrogen functional groups attached to an aromatic ring is 1. The van der Waals surface area contributed by atoms with Crippen molar-refractivity contribution in [1.29, 1.82) is 0 Å². The average Bonchev–Trinajstić information content (AvgIpc) is 2.32.